The van der Waals surface area contributed by atoms with E-state index in [4.69, 9.17) is 0 Å². The second-order valence-electron chi connectivity index (χ2n) is 5.69. The van der Waals surface area contributed by atoms with Gasteiger partial charge in [-0.25, -0.2) is 9.97 Å². The third-order valence-electron chi connectivity index (χ3n) is 4.09. The summed E-state index contributed by atoms with van der Waals surface area (Å²) < 4.78 is 0. The fourth-order valence-electron chi connectivity index (χ4n) is 2.70. The van der Waals surface area contributed by atoms with Crippen LogP contribution >= 0.6 is 0 Å². The summed E-state index contributed by atoms with van der Waals surface area (Å²) in [6.45, 7) is 2.19. The molecule has 1 saturated carbocycles. The van der Waals surface area contributed by atoms with Crippen molar-refractivity contribution >= 4 is 16.6 Å². The average Bonchev–Trinajstić information content (AvgIpc) is 3.33. The Morgan fingerprint density at radius 1 is 1.14 bits per heavy atom. The van der Waals surface area contributed by atoms with Gasteiger partial charge in [0, 0.05) is 23.3 Å². The van der Waals surface area contributed by atoms with Gasteiger partial charge in [0.2, 0.25) is 0 Å². The van der Waals surface area contributed by atoms with E-state index in [0.29, 0.717) is 6.04 Å². The maximum Gasteiger partial charge on any atom is 0.116 e. The standard InChI is InChI=1S/C18H17N3/c1-12-16(3-2-4-17(12)21-15-6-7-15)13-5-8-18-14(9-13)10-19-11-20-18/h2-5,8-11,15,21H,6-7H2,1H3. The quantitative estimate of drug-likeness (QED) is 0.779. The third kappa shape index (κ3) is 2.35. The molecule has 0 saturated heterocycles. The third-order valence-corrected chi connectivity index (χ3v) is 4.09. The molecule has 1 aliphatic carbocycles. The molecule has 0 spiro atoms. The summed E-state index contributed by atoms with van der Waals surface area (Å²) >= 11 is 0. The number of anilines is 1. The summed E-state index contributed by atoms with van der Waals surface area (Å²) in [4.78, 5) is 8.39. The minimum Gasteiger partial charge on any atom is -0.382 e. The summed E-state index contributed by atoms with van der Waals surface area (Å²) in [5, 5.41) is 4.69. The van der Waals surface area contributed by atoms with E-state index in [2.05, 4.69) is 58.6 Å². The number of benzene rings is 2. The molecule has 1 aliphatic rings. The van der Waals surface area contributed by atoms with Crippen molar-refractivity contribution < 1.29 is 0 Å². The van der Waals surface area contributed by atoms with Crippen LogP contribution in [0.3, 0.4) is 0 Å². The van der Waals surface area contributed by atoms with Crippen molar-refractivity contribution in [2.45, 2.75) is 25.8 Å². The van der Waals surface area contributed by atoms with Crippen molar-refractivity contribution in [2.24, 2.45) is 0 Å². The lowest BCUT2D eigenvalue weighted by molar-refractivity contribution is 1.15. The van der Waals surface area contributed by atoms with E-state index in [0.717, 1.165) is 10.9 Å². The second kappa shape index (κ2) is 4.85. The molecule has 0 amide bonds. The highest BCUT2D eigenvalue weighted by Gasteiger charge is 2.21. The van der Waals surface area contributed by atoms with Crippen LogP contribution in [0.15, 0.2) is 48.9 Å². The molecule has 104 valence electrons. The predicted molar refractivity (Wildman–Crippen MR) is 86.4 cm³/mol. The number of hydrogen-bond acceptors (Lipinski definition) is 3. The molecule has 1 heterocycles. The maximum atomic E-state index is 4.28. The number of nitrogens with zero attached hydrogens (tertiary/aromatic N) is 2. The molecule has 3 aromatic rings. The number of aromatic nitrogens is 2. The van der Waals surface area contributed by atoms with Crippen LogP contribution in [-0.2, 0) is 0 Å². The zero-order valence-corrected chi connectivity index (χ0v) is 12.0. The van der Waals surface area contributed by atoms with E-state index in [1.54, 1.807) is 6.33 Å². The Balaban J connectivity index is 1.79. The molecule has 0 atom stereocenters. The van der Waals surface area contributed by atoms with Gasteiger partial charge in [0.15, 0.2) is 0 Å². The largest absolute Gasteiger partial charge is 0.382 e. The number of fused-ring (bicyclic) bond motifs is 1. The number of hydrogen-bond donors (Lipinski definition) is 1. The van der Waals surface area contributed by atoms with Crippen LogP contribution in [0.2, 0.25) is 0 Å². The van der Waals surface area contributed by atoms with Crippen LogP contribution in [0.5, 0.6) is 0 Å². The van der Waals surface area contributed by atoms with E-state index in [1.165, 1.54) is 35.2 Å². The van der Waals surface area contributed by atoms with Crippen molar-refractivity contribution in [3.8, 4) is 11.1 Å². The zero-order chi connectivity index (χ0) is 14.2. The fraction of sp³-hybridized carbons (Fsp3) is 0.222. The van der Waals surface area contributed by atoms with E-state index in [1.807, 2.05) is 6.20 Å². The van der Waals surface area contributed by atoms with E-state index in [9.17, 15) is 0 Å². The van der Waals surface area contributed by atoms with E-state index in [-0.39, 0.29) is 0 Å². The number of rotatable bonds is 3. The molecule has 3 heteroatoms. The van der Waals surface area contributed by atoms with Crippen LogP contribution < -0.4 is 5.32 Å². The van der Waals surface area contributed by atoms with Crippen molar-refractivity contribution in [1.82, 2.24) is 9.97 Å². The van der Waals surface area contributed by atoms with Gasteiger partial charge >= 0.3 is 0 Å². The molecular formula is C18H17N3. The smallest absolute Gasteiger partial charge is 0.116 e. The van der Waals surface area contributed by atoms with Crippen molar-refractivity contribution in [1.29, 1.82) is 0 Å². The van der Waals surface area contributed by atoms with E-state index >= 15 is 0 Å². The Labute approximate surface area is 124 Å². The minimum absolute atomic E-state index is 0.670. The first-order valence-corrected chi connectivity index (χ1v) is 7.37. The Kier molecular flexibility index (Phi) is 2.85. The Morgan fingerprint density at radius 3 is 2.90 bits per heavy atom. The molecule has 1 aromatic heterocycles. The highest BCUT2D eigenvalue weighted by Crippen LogP contribution is 2.33. The molecule has 3 nitrogen and oxygen atoms in total. The summed E-state index contributed by atoms with van der Waals surface area (Å²) in [5.74, 6) is 0. The topological polar surface area (TPSA) is 37.8 Å². The first kappa shape index (κ1) is 12.3. The Morgan fingerprint density at radius 2 is 2.05 bits per heavy atom. The lowest BCUT2D eigenvalue weighted by Crippen LogP contribution is -2.03. The highest BCUT2D eigenvalue weighted by molar-refractivity contribution is 5.85. The fourth-order valence-corrected chi connectivity index (χ4v) is 2.70. The summed E-state index contributed by atoms with van der Waals surface area (Å²) in [6.07, 6.45) is 6.04. The first-order valence-electron chi connectivity index (χ1n) is 7.37. The molecule has 21 heavy (non-hydrogen) atoms. The van der Waals surface area contributed by atoms with Gasteiger partial charge < -0.3 is 5.32 Å². The van der Waals surface area contributed by atoms with Crippen molar-refractivity contribution in [2.75, 3.05) is 5.32 Å². The van der Waals surface area contributed by atoms with Gasteiger partial charge in [-0.1, -0.05) is 18.2 Å². The van der Waals surface area contributed by atoms with Crippen molar-refractivity contribution in [3.05, 3.63) is 54.5 Å². The molecule has 4 rings (SSSR count). The molecule has 0 unspecified atom stereocenters. The first-order chi connectivity index (χ1) is 10.3. The van der Waals surface area contributed by atoms with Gasteiger partial charge in [-0.3, -0.25) is 0 Å². The molecular weight excluding hydrogens is 258 g/mol. The second-order valence-corrected chi connectivity index (χ2v) is 5.69. The van der Waals surface area contributed by atoms with Gasteiger partial charge in [-0.2, -0.15) is 0 Å². The SMILES string of the molecule is Cc1c(NC2CC2)cccc1-c1ccc2ncncc2c1. The number of nitrogens with one attached hydrogen (secondary N) is 1. The maximum absolute atomic E-state index is 4.28. The Hall–Kier alpha value is -2.42. The zero-order valence-electron chi connectivity index (χ0n) is 12.0. The molecule has 2 aromatic carbocycles. The van der Waals surface area contributed by atoms with Crippen LogP contribution in [0.25, 0.3) is 22.0 Å². The normalized spacial score (nSPS) is 14.3. The molecule has 1 fully saturated rings. The van der Waals surface area contributed by atoms with Gasteiger partial charge in [-0.05, 0) is 54.7 Å². The average molecular weight is 275 g/mol. The minimum atomic E-state index is 0.670. The summed E-state index contributed by atoms with van der Waals surface area (Å²) in [6, 6.07) is 13.5. The monoisotopic (exact) mass is 275 g/mol. The molecule has 1 N–H and O–H groups in total. The van der Waals surface area contributed by atoms with Gasteiger partial charge in [0.1, 0.15) is 6.33 Å². The molecule has 0 radical (unpaired) electrons. The van der Waals surface area contributed by atoms with Gasteiger partial charge in [0.25, 0.3) is 0 Å². The lowest BCUT2D eigenvalue weighted by atomic mass is 9.98. The highest BCUT2D eigenvalue weighted by atomic mass is 15.0. The van der Waals surface area contributed by atoms with Crippen LogP contribution in [0, 0.1) is 6.92 Å². The summed E-state index contributed by atoms with van der Waals surface area (Å²) in [7, 11) is 0. The van der Waals surface area contributed by atoms with Crippen LogP contribution in [0.4, 0.5) is 5.69 Å². The van der Waals surface area contributed by atoms with Crippen LogP contribution in [0.1, 0.15) is 18.4 Å². The van der Waals surface area contributed by atoms with Gasteiger partial charge in [-0.15, -0.1) is 0 Å². The molecule has 0 aliphatic heterocycles. The van der Waals surface area contributed by atoms with E-state index < -0.39 is 0 Å². The lowest BCUT2D eigenvalue weighted by Gasteiger charge is -2.13. The predicted octanol–water partition coefficient (Wildman–Crippen LogP) is 4.18. The van der Waals surface area contributed by atoms with Crippen molar-refractivity contribution in [3.63, 3.8) is 0 Å². The Bertz CT molecular complexity index is 806. The van der Waals surface area contributed by atoms with Gasteiger partial charge in [0.05, 0.1) is 5.52 Å². The molecule has 0 bridgehead atoms. The summed E-state index contributed by atoms with van der Waals surface area (Å²) in [5.41, 5.74) is 6.03. The van der Waals surface area contributed by atoms with Crippen LogP contribution in [-0.4, -0.2) is 16.0 Å².